The molecule has 1 amide bonds. The van der Waals surface area contributed by atoms with Gasteiger partial charge in [-0.1, -0.05) is 0 Å². The van der Waals surface area contributed by atoms with Crippen LogP contribution in [0.4, 0.5) is 11.4 Å². The minimum atomic E-state index is -0.112. The fraction of sp³-hybridized carbons (Fsp3) is 0.455. The lowest BCUT2D eigenvalue weighted by Gasteiger charge is -2.13. The van der Waals surface area contributed by atoms with E-state index in [1.807, 2.05) is 20.2 Å². The van der Waals surface area contributed by atoms with Crippen molar-refractivity contribution in [3.05, 3.63) is 18.5 Å². The predicted octanol–water partition coefficient (Wildman–Crippen LogP) is 0.766. The number of carbonyl (C=O) groups excluding carboxylic acids is 1. The molecule has 1 saturated heterocycles. The standard InChI is InChI=1S/C11H16N4O/c1-12-8-5-9(7-13-6-8)14-10-3-4-15(2)11(10)16/h5-7,10,12,14H,3-4H2,1-2H3. The molecule has 1 unspecified atom stereocenters. The molecule has 2 heterocycles. The minimum Gasteiger partial charge on any atom is -0.387 e. The fourth-order valence-corrected chi connectivity index (χ4v) is 1.81. The SMILES string of the molecule is CNc1cncc(NC2CCN(C)C2=O)c1. The van der Waals surface area contributed by atoms with Crippen molar-refractivity contribution in [1.82, 2.24) is 9.88 Å². The Kier molecular flexibility index (Phi) is 2.94. The highest BCUT2D eigenvalue weighted by molar-refractivity contribution is 5.86. The van der Waals surface area contributed by atoms with Crippen LogP contribution in [-0.2, 0) is 4.79 Å². The number of nitrogens with one attached hydrogen (secondary N) is 2. The zero-order valence-electron chi connectivity index (χ0n) is 9.53. The first-order chi connectivity index (χ1) is 7.70. The van der Waals surface area contributed by atoms with E-state index < -0.39 is 0 Å². The molecule has 0 aliphatic carbocycles. The smallest absolute Gasteiger partial charge is 0.244 e. The molecular weight excluding hydrogens is 204 g/mol. The van der Waals surface area contributed by atoms with E-state index in [2.05, 4.69) is 15.6 Å². The number of amides is 1. The summed E-state index contributed by atoms with van der Waals surface area (Å²) in [6.45, 7) is 0.815. The van der Waals surface area contributed by atoms with Gasteiger partial charge >= 0.3 is 0 Å². The van der Waals surface area contributed by atoms with Gasteiger partial charge in [-0.25, -0.2) is 0 Å². The Labute approximate surface area is 94.9 Å². The highest BCUT2D eigenvalue weighted by Gasteiger charge is 2.28. The summed E-state index contributed by atoms with van der Waals surface area (Å²) < 4.78 is 0. The molecule has 1 aliphatic heterocycles. The van der Waals surface area contributed by atoms with E-state index in [0.717, 1.165) is 24.3 Å². The van der Waals surface area contributed by atoms with Crippen LogP contribution in [0.5, 0.6) is 0 Å². The monoisotopic (exact) mass is 220 g/mol. The second-order valence-electron chi connectivity index (χ2n) is 3.96. The van der Waals surface area contributed by atoms with Crippen molar-refractivity contribution in [2.45, 2.75) is 12.5 Å². The number of likely N-dealkylation sites (tertiary alicyclic amines) is 1. The number of rotatable bonds is 3. The lowest BCUT2D eigenvalue weighted by molar-refractivity contribution is -0.127. The van der Waals surface area contributed by atoms with Gasteiger partial charge < -0.3 is 15.5 Å². The number of carbonyl (C=O) groups is 1. The van der Waals surface area contributed by atoms with Gasteiger partial charge in [0.05, 0.1) is 23.8 Å². The van der Waals surface area contributed by atoms with Gasteiger partial charge in [-0.3, -0.25) is 9.78 Å². The summed E-state index contributed by atoms with van der Waals surface area (Å²) in [6.07, 6.45) is 4.32. The molecule has 1 fully saturated rings. The van der Waals surface area contributed by atoms with Crippen LogP contribution in [0, 0.1) is 0 Å². The average molecular weight is 220 g/mol. The molecule has 1 atom stereocenters. The molecule has 0 aromatic carbocycles. The van der Waals surface area contributed by atoms with Gasteiger partial charge in [0, 0.05) is 20.6 Å². The maximum absolute atomic E-state index is 11.7. The number of likely N-dealkylation sites (N-methyl/N-ethyl adjacent to an activating group) is 1. The first-order valence-corrected chi connectivity index (χ1v) is 5.35. The summed E-state index contributed by atoms with van der Waals surface area (Å²) in [5, 5.41) is 6.22. The number of anilines is 2. The highest BCUT2D eigenvalue weighted by Crippen LogP contribution is 2.17. The van der Waals surface area contributed by atoms with Gasteiger partial charge in [0.1, 0.15) is 6.04 Å². The third-order valence-corrected chi connectivity index (χ3v) is 2.80. The summed E-state index contributed by atoms with van der Waals surface area (Å²) in [4.78, 5) is 17.5. The molecule has 0 saturated carbocycles. The van der Waals surface area contributed by atoms with E-state index >= 15 is 0 Å². The van der Waals surface area contributed by atoms with Gasteiger partial charge in [-0.2, -0.15) is 0 Å². The van der Waals surface area contributed by atoms with Gasteiger partial charge in [-0.15, -0.1) is 0 Å². The summed E-state index contributed by atoms with van der Waals surface area (Å²) in [6, 6.07) is 1.83. The number of nitrogens with zero attached hydrogens (tertiary/aromatic N) is 2. The quantitative estimate of drug-likeness (QED) is 0.790. The van der Waals surface area contributed by atoms with Crippen molar-refractivity contribution in [2.75, 3.05) is 31.3 Å². The lowest BCUT2D eigenvalue weighted by atomic mass is 10.2. The van der Waals surface area contributed by atoms with Crippen LogP contribution < -0.4 is 10.6 Å². The Balaban J connectivity index is 2.06. The van der Waals surface area contributed by atoms with Crippen LogP contribution in [0.3, 0.4) is 0 Å². The Hall–Kier alpha value is -1.78. The van der Waals surface area contributed by atoms with Gasteiger partial charge in [0.15, 0.2) is 0 Å². The van der Waals surface area contributed by atoms with Crippen LogP contribution in [0.2, 0.25) is 0 Å². The maximum atomic E-state index is 11.7. The topological polar surface area (TPSA) is 57.3 Å². The normalized spacial score (nSPS) is 20.0. The summed E-state index contributed by atoms with van der Waals surface area (Å²) >= 11 is 0. The highest BCUT2D eigenvalue weighted by atomic mass is 16.2. The van der Waals surface area contributed by atoms with Crippen molar-refractivity contribution in [2.24, 2.45) is 0 Å². The summed E-state index contributed by atoms with van der Waals surface area (Å²) in [5.74, 6) is 0.148. The summed E-state index contributed by atoms with van der Waals surface area (Å²) in [5.41, 5.74) is 1.81. The molecule has 2 rings (SSSR count). The lowest BCUT2D eigenvalue weighted by Crippen LogP contribution is -2.30. The third-order valence-electron chi connectivity index (χ3n) is 2.80. The molecule has 1 aromatic rings. The minimum absolute atomic E-state index is 0.112. The Bertz CT molecular complexity index is 393. The molecule has 2 N–H and O–H groups in total. The van der Waals surface area contributed by atoms with Crippen LogP contribution in [-0.4, -0.2) is 42.5 Å². The Morgan fingerprint density at radius 3 is 2.81 bits per heavy atom. The fourth-order valence-electron chi connectivity index (χ4n) is 1.81. The second kappa shape index (κ2) is 4.38. The maximum Gasteiger partial charge on any atom is 0.244 e. The molecular formula is C11H16N4O. The summed E-state index contributed by atoms with van der Waals surface area (Å²) in [7, 11) is 3.67. The third kappa shape index (κ3) is 2.08. The van der Waals surface area contributed by atoms with Gasteiger partial charge in [-0.05, 0) is 12.5 Å². The Morgan fingerprint density at radius 2 is 2.19 bits per heavy atom. The number of hydrogen-bond acceptors (Lipinski definition) is 4. The van der Waals surface area contributed by atoms with Crippen molar-refractivity contribution in [1.29, 1.82) is 0 Å². The first kappa shape index (κ1) is 10.7. The molecule has 1 aromatic heterocycles. The largest absolute Gasteiger partial charge is 0.387 e. The molecule has 5 nitrogen and oxygen atoms in total. The van der Waals surface area contributed by atoms with E-state index in [0.29, 0.717) is 0 Å². The molecule has 0 spiro atoms. The molecule has 1 aliphatic rings. The van der Waals surface area contributed by atoms with Crippen molar-refractivity contribution in [3.63, 3.8) is 0 Å². The Morgan fingerprint density at radius 1 is 1.44 bits per heavy atom. The average Bonchev–Trinajstić information content (AvgIpc) is 2.61. The predicted molar refractivity (Wildman–Crippen MR) is 63.4 cm³/mol. The van der Waals surface area contributed by atoms with Crippen LogP contribution in [0.25, 0.3) is 0 Å². The van der Waals surface area contributed by atoms with E-state index in [1.54, 1.807) is 17.3 Å². The van der Waals surface area contributed by atoms with Gasteiger partial charge in [0.25, 0.3) is 0 Å². The van der Waals surface area contributed by atoms with E-state index in [-0.39, 0.29) is 11.9 Å². The number of aromatic nitrogens is 1. The van der Waals surface area contributed by atoms with E-state index in [1.165, 1.54) is 0 Å². The molecule has 0 bridgehead atoms. The van der Waals surface area contributed by atoms with Crippen molar-refractivity contribution < 1.29 is 4.79 Å². The van der Waals surface area contributed by atoms with Crippen LogP contribution in [0.1, 0.15) is 6.42 Å². The van der Waals surface area contributed by atoms with Crippen LogP contribution >= 0.6 is 0 Å². The van der Waals surface area contributed by atoms with Gasteiger partial charge in [0.2, 0.25) is 5.91 Å². The zero-order valence-corrected chi connectivity index (χ0v) is 9.53. The van der Waals surface area contributed by atoms with Crippen molar-refractivity contribution >= 4 is 17.3 Å². The molecule has 5 heteroatoms. The van der Waals surface area contributed by atoms with E-state index in [4.69, 9.17) is 0 Å². The molecule has 86 valence electrons. The number of pyridine rings is 1. The molecule has 0 radical (unpaired) electrons. The first-order valence-electron chi connectivity index (χ1n) is 5.35. The second-order valence-corrected chi connectivity index (χ2v) is 3.96. The number of hydrogen-bond donors (Lipinski definition) is 2. The zero-order chi connectivity index (χ0) is 11.5. The molecule has 16 heavy (non-hydrogen) atoms. The van der Waals surface area contributed by atoms with Crippen molar-refractivity contribution in [3.8, 4) is 0 Å². The van der Waals surface area contributed by atoms with E-state index in [9.17, 15) is 4.79 Å². The van der Waals surface area contributed by atoms with Crippen LogP contribution in [0.15, 0.2) is 18.5 Å².